The van der Waals surface area contributed by atoms with E-state index in [-0.39, 0.29) is 11.8 Å². The number of anilines is 2. The van der Waals surface area contributed by atoms with Crippen LogP contribution in [0.2, 0.25) is 0 Å². The summed E-state index contributed by atoms with van der Waals surface area (Å²) in [6.07, 6.45) is 2.54. The van der Waals surface area contributed by atoms with Gasteiger partial charge >= 0.3 is 0 Å². The third-order valence-electron chi connectivity index (χ3n) is 5.36. The summed E-state index contributed by atoms with van der Waals surface area (Å²) in [6.45, 7) is 2.78. The van der Waals surface area contributed by atoms with Crippen molar-refractivity contribution >= 4 is 35.0 Å². The summed E-state index contributed by atoms with van der Waals surface area (Å²) in [5.41, 5.74) is 2.37. The van der Waals surface area contributed by atoms with Crippen LogP contribution in [0.3, 0.4) is 0 Å². The number of fused-ring (bicyclic) bond motifs is 3. The summed E-state index contributed by atoms with van der Waals surface area (Å²) in [5, 5.41) is 11.2. The zero-order valence-electron chi connectivity index (χ0n) is 15.8. The van der Waals surface area contributed by atoms with Gasteiger partial charge < -0.3 is 9.88 Å². The normalized spacial score (nSPS) is 19.9. The smallest absolute Gasteiger partial charge is 0.261 e. The van der Waals surface area contributed by atoms with Crippen molar-refractivity contribution in [2.24, 2.45) is 0 Å². The van der Waals surface area contributed by atoms with E-state index in [2.05, 4.69) is 15.5 Å². The minimum absolute atomic E-state index is 0.0117. The largest absolute Gasteiger partial charge is 0.323 e. The molecule has 1 unspecified atom stereocenters. The minimum Gasteiger partial charge on any atom is -0.323 e. The van der Waals surface area contributed by atoms with E-state index in [1.54, 1.807) is 11.2 Å². The molecule has 0 saturated carbocycles. The number of aryl methyl sites for hydroxylation is 1. The van der Waals surface area contributed by atoms with Crippen LogP contribution in [0.4, 0.5) is 11.4 Å². The van der Waals surface area contributed by atoms with Gasteiger partial charge in [-0.2, -0.15) is 0 Å². The molecule has 7 nitrogen and oxygen atoms in total. The molecule has 1 saturated heterocycles. The summed E-state index contributed by atoms with van der Waals surface area (Å²) in [4.78, 5) is 27.7. The third-order valence-corrected chi connectivity index (χ3v) is 6.84. The van der Waals surface area contributed by atoms with Crippen LogP contribution >= 0.6 is 11.8 Å². The Morgan fingerprint density at radius 2 is 2.10 bits per heavy atom. The maximum atomic E-state index is 13.4. The molecule has 1 fully saturated rings. The molecule has 3 aromatic rings. The number of carbonyl (C=O) groups is 2. The summed E-state index contributed by atoms with van der Waals surface area (Å²) in [7, 11) is 0. The van der Waals surface area contributed by atoms with Gasteiger partial charge in [-0.05, 0) is 37.6 Å². The highest BCUT2D eigenvalue weighted by Crippen LogP contribution is 2.56. The number of amides is 2. The van der Waals surface area contributed by atoms with E-state index in [9.17, 15) is 9.59 Å². The molecule has 1 aromatic heterocycles. The van der Waals surface area contributed by atoms with Crippen LogP contribution < -0.4 is 10.2 Å². The Morgan fingerprint density at radius 3 is 2.97 bits per heavy atom. The van der Waals surface area contributed by atoms with E-state index in [0.717, 1.165) is 28.5 Å². The number of nitrogens with zero attached hydrogens (tertiary/aromatic N) is 4. The first-order valence-corrected chi connectivity index (χ1v) is 10.3. The van der Waals surface area contributed by atoms with Gasteiger partial charge in [0.05, 0.1) is 5.69 Å². The molecule has 146 valence electrons. The molecule has 0 aliphatic carbocycles. The monoisotopic (exact) mass is 405 g/mol. The maximum Gasteiger partial charge on any atom is 0.261 e. The number of carbonyl (C=O) groups excluding carboxylic acids is 2. The van der Waals surface area contributed by atoms with Gasteiger partial charge in [0.1, 0.15) is 6.33 Å². The highest BCUT2D eigenvalue weighted by molar-refractivity contribution is 8.02. The van der Waals surface area contributed by atoms with E-state index in [1.807, 2.05) is 60.0 Å². The van der Waals surface area contributed by atoms with Gasteiger partial charge in [-0.15, -0.1) is 10.2 Å². The molecular formula is C21H19N5O2S. The van der Waals surface area contributed by atoms with Gasteiger partial charge in [-0.25, -0.2) is 0 Å². The molecule has 0 spiro atoms. The van der Waals surface area contributed by atoms with E-state index in [0.29, 0.717) is 18.5 Å². The number of nitrogens with one attached hydrogen (secondary N) is 1. The molecule has 1 atom stereocenters. The second-order valence-corrected chi connectivity index (χ2v) is 8.38. The van der Waals surface area contributed by atoms with Crippen molar-refractivity contribution in [3.63, 3.8) is 0 Å². The number of hydrogen-bond acceptors (Lipinski definition) is 5. The molecule has 1 N–H and O–H groups in total. The van der Waals surface area contributed by atoms with Crippen molar-refractivity contribution in [2.75, 3.05) is 10.2 Å². The van der Waals surface area contributed by atoms with Crippen LogP contribution in [0, 0.1) is 0 Å². The Morgan fingerprint density at radius 1 is 1.24 bits per heavy atom. The molecule has 3 heterocycles. The third kappa shape index (κ3) is 2.74. The van der Waals surface area contributed by atoms with Crippen LogP contribution in [0.1, 0.15) is 19.8 Å². The lowest BCUT2D eigenvalue weighted by molar-refractivity contribution is -0.121. The SMILES string of the molecule is CCn1cnnc1-c1cccc(NC(=O)C23CCC(=O)N2c2ccccc2S3)c1. The zero-order chi connectivity index (χ0) is 20.0. The molecule has 2 aliphatic rings. The molecule has 2 amide bonds. The maximum absolute atomic E-state index is 13.4. The van der Waals surface area contributed by atoms with Crippen LogP contribution in [-0.4, -0.2) is 31.4 Å². The molecular weight excluding hydrogens is 386 g/mol. The fourth-order valence-electron chi connectivity index (χ4n) is 3.97. The Hall–Kier alpha value is -3.13. The van der Waals surface area contributed by atoms with E-state index >= 15 is 0 Å². The first-order valence-electron chi connectivity index (χ1n) is 9.53. The first-order chi connectivity index (χ1) is 14.1. The van der Waals surface area contributed by atoms with Crippen molar-refractivity contribution in [1.29, 1.82) is 0 Å². The molecule has 8 heteroatoms. The van der Waals surface area contributed by atoms with Gasteiger partial charge in [0, 0.05) is 29.1 Å². The predicted molar refractivity (Wildman–Crippen MR) is 112 cm³/mol. The van der Waals surface area contributed by atoms with E-state index < -0.39 is 4.87 Å². The summed E-state index contributed by atoms with van der Waals surface area (Å²) in [6, 6.07) is 15.2. The minimum atomic E-state index is -0.930. The fourth-order valence-corrected chi connectivity index (χ4v) is 5.39. The van der Waals surface area contributed by atoms with Crippen molar-refractivity contribution in [1.82, 2.24) is 14.8 Å². The topological polar surface area (TPSA) is 80.1 Å². The summed E-state index contributed by atoms with van der Waals surface area (Å²) < 4.78 is 1.94. The lowest BCUT2D eigenvalue weighted by Gasteiger charge is -2.29. The van der Waals surface area contributed by atoms with Gasteiger partial charge in [-0.1, -0.05) is 36.0 Å². The average molecular weight is 405 g/mol. The Labute approximate surface area is 172 Å². The Bertz CT molecular complexity index is 1130. The first kappa shape index (κ1) is 17.9. The molecule has 0 bridgehead atoms. The van der Waals surface area contributed by atoms with Crippen LogP contribution in [0.5, 0.6) is 0 Å². The number of aromatic nitrogens is 3. The lowest BCUT2D eigenvalue weighted by Crippen LogP contribution is -2.49. The molecule has 5 rings (SSSR count). The summed E-state index contributed by atoms with van der Waals surface area (Å²) in [5.74, 6) is 0.558. The van der Waals surface area contributed by atoms with E-state index in [4.69, 9.17) is 0 Å². The van der Waals surface area contributed by atoms with Crippen molar-refractivity contribution < 1.29 is 9.59 Å². The van der Waals surface area contributed by atoms with Gasteiger partial charge in [-0.3, -0.25) is 14.5 Å². The zero-order valence-corrected chi connectivity index (χ0v) is 16.6. The van der Waals surface area contributed by atoms with Gasteiger partial charge in [0.15, 0.2) is 10.7 Å². The van der Waals surface area contributed by atoms with E-state index in [1.165, 1.54) is 11.8 Å². The molecule has 0 radical (unpaired) electrons. The molecule has 2 aromatic carbocycles. The van der Waals surface area contributed by atoms with Gasteiger partial charge in [0.25, 0.3) is 5.91 Å². The van der Waals surface area contributed by atoms with Crippen molar-refractivity contribution in [3.8, 4) is 11.4 Å². The molecule has 2 aliphatic heterocycles. The lowest BCUT2D eigenvalue weighted by atomic mass is 10.1. The van der Waals surface area contributed by atoms with Crippen LogP contribution in [-0.2, 0) is 16.1 Å². The predicted octanol–water partition coefficient (Wildman–Crippen LogP) is 3.53. The molecule has 29 heavy (non-hydrogen) atoms. The number of benzene rings is 2. The average Bonchev–Trinajstić information content (AvgIpc) is 3.42. The second-order valence-electron chi connectivity index (χ2n) is 7.06. The van der Waals surface area contributed by atoms with Crippen molar-refractivity contribution in [3.05, 3.63) is 54.9 Å². The highest BCUT2D eigenvalue weighted by Gasteiger charge is 2.57. The number of hydrogen-bond donors (Lipinski definition) is 1. The Balaban J connectivity index is 1.46. The second kappa shape index (κ2) is 6.73. The highest BCUT2D eigenvalue weighted by atomic mass is 32.2. The number of rotatable bonds is 4. The number of thioether (sulfide) groups is 1. The standard InChI is InChI=1S/C21H19N5O2S/c1-2-25-13-22-24-19(25)14-6-5-7-15(12-14)23-20(28)21-11-10-18(27)26(21)16-8-3-4-9-17(16)29-21/h3-9,12-13H,2,10-11H2,1H3,(H,23,28). The summed E-state index contributed by atoms with van der Waals surface area (Å²) >= 11 is 1.46. The Kier molecular flexibility index (Phi) is 4.16. The fraction of sp³-hybridized carbons (Fsp3) is 0.238. The van der Waals surface area contributed by atoms with Crippen molar-refractivity contribution in [2.45, 2.75) is 36.1 Å². The quantitative estimate of drug-likeness (QED) is 0.718. The van der Waals surface area contributed by atoms with Crippen LogP contribution in [0.25, 0.3) is 11.4 Å². The van der Waals surface area contributed by atoms with Gasteiger partial charge in [0.2, 0.25) is 5.91 Å². The number of para-hydroxylation sites is 1. The van der Waals surface area contributed by atoms with Crippen LogP contribution in [0.15, 0.2) is 59.8 Å².